The highest BCUT2D eigenvalue weighted by Crippen LogP contribution is 2.51. The zero-order chi connectivity index (χ0) is 23.0. The monoisotopic (exact) mass is 475 g/mol. The Kier molecular flexibility index (Phi) is 8.41. The van der Waals surface area contributed by atoms with E-state index >= 15 is 0 Å². The summed E-state index contributed by atoms with van der Waals surface area (Å²) in [4.78, 5) is 13.0. The van der Waals surface area contributed by atoms with Gasteiger partial charge in [-0.1, -0.05) is 28.8 Å². The van der Waals surface area contributed by atoms with Gasteiger partial charge in [0.2, 0.25) is 5.91 Å². The molecule has 1 amide bonds. The Morgan fingerprint density at radius 1 is 1.09 bits per heavy atom. The molecule has 3 aromatic rings. The zero-order valence-electron chi connectivity index (χ0n) is 17.7. The second-order valence-corrected chi connectivity index (χ2v) is 9.43. The van der Waals surface area contributed by atoms with E-state index in [1.807, 2.05) is 0 Å². The highest BCUT2D eigenvalue weighted by atomic mass is 32.1. The molecule has 0 spiro atoms. The van der Waals surface area contributed by atoms with E-state index in [1.54, 1.807) is 56.3 Å². The first-order valence-corrected chi connectivity index (χ1v) is 12.5. The van der Waals surface area contributed by atoms with Crippen molar-refractivity contribution >= 4 is 36.8 Å². The maximum Gasteiger partial charge on any atom is 0.335 e. The standard InChI is InChI=1S/C22H23FN3O4PS/c1-3-29-31(28,30-4-2)15-16-5-11-19(12-6-16)24-21(27)14-13-20-22(32-26-25-20)17-7-9-18(23)10-8-17/h5-14H,3-4,15H2,1-2H3,(H,24,27)/b14-13+. The van der Waals surface area contributed by atoms with Gasteiger partial charge in [-0.15, -0.1) is 5.10 Å². The van der Waals surface area contributed by atoms with Crippen LogP contribution in [0, 0.1) is 5.82 Å². The van der Waals surface area contributed by atoms with Gasteiger partial charge in [0.15, 0.2) is 0 Å². The van der Waals surface area contributed by atoms with E-state index in [1.165, 1.54) is 29.7 Å². The predicted octanol–water partition coefficient (Wildman–Crippen LogP) is 5.76. The molecule has 0 radical (unpaired) electrons. The second-order valence-electron chi connectivity index (χ2n) is 6.62. The van der Waals surface area contributed by atoms with Gasteiger partial charge in [-0.2, -0.15) is 0 Å². The summed E-state index contributed by atoms with van der Waals surface area (Å²) in [7, 11) is -3.19. The summed E-state index contributed by atoms with van der Waals surface area (Å²) in [6, 6.07) is 13.0. The van der Waals surface area contributed by atoms with Crippen LogP contribution in [0.3, 0.4) is 0 Å². The van der Waals surface area contributed by atoms with Crippen molar-refractivity contribution in [1.29, 1.82) is 0 Å². The van der Waals surface area contributed by atoms with Crippen LogP contribution in [0.2, 0.25) is 0 Å². The normalized spacial score (nSPS) is 11.7. The Hall–Kier alpha value is -2.71. The van der Waals surface area contributed by atoms with Crippen LogP contribution >= 0.6 is 19.1 Å². The molecule has 0 atom stereocenters. The van der Waals surface area contributed by atoms with Gasteiger partial charge in [-0.3, -0.25) is 9.36 Å². The minimum Gasteiger partial charge on any atom is -0.323 e. The van der Waals surface area contributed by atoms with Crippen LogP contribution in [0.15, 0.2) is 54.6 Å². The number of nitrogens with one attached hydrogen (secondary N) is 1. The molecule has 32 heavy (non-hydrogen) atoms. The highest BCUT2D eigenvalue weighted by Gasteiger charge is 2.23. The first-order valence-electron chi connectivity index (χ1n) is 9.97. The molecule has 0 unspecified atom stereocenters. The SMILES string of the molecule is CCOP(=O)(Cc1ccc(NC(=O)/C=C/c2nnsc2-c2ccc(F)cc2)cc1)OCC. The number of anilines is 1. The fraction of sp³-hybridized carbons (Fsp3) is 0.227. The molecule has 0 aliphatic rings. The molecule has 2 aromatic carbocycles. The highest BCUT2D eigenvalue weighted by molar-refractivity contribution is 7.53. The number of rotatable bonds is 10. The fourth-order valence-electron chi connectivity index (χ4n) is 2.89. The maximum absolute atomic E-state index is 13.1. The molecule has 7 nitrogen and oxygen atoms in total. The van der Waals surface area contributed by atoms with E-state index in [0.717, 1.165) is 16.0 Å². The van der Waals surface area contributed by atoms with E-state index in [9.17, 15) is 13.8 Å². The maximum atomic E-state index is 13.1. The van der Waals surface area contributed by atoms with Crippen molar-refractivity contribution in [3.05, 3.63) is 71.7 Å². The van der Waals surface area contributed by atoms with Crippen LogP contribution in [0.1, 0.15) is 25.1 Å². The number of hydrogen-bond donors (Lipinski definition) is 1. The lowest BCUT2D eigenvalue weighted by Gasteiger charge is -2.17. The summed E-state index contributed by atoms with van der Waals surface area (Å²) >= 11 is 1.17. The number of carbonyl (C=O) groups is 1. The van der Waals surface area contributed by atoms with Gasteiger partial charge >= 0.3 is 7.60 Å². The van der Waals surface area contributed by atoms with Gasteiger partial charge in [0, 0.05) is 11.8 Å². The molecule has 3 rings (SSSR count). The molecular formula is C22H23FN3O4PS. The molecule has 0 aliphatic carbocycles. The van der Waals surface area contributed by atoms with Crippen LogP contribution in [0.4, 0.5) is 10.1 Å². The van der Waals surface area contributed by atoms with Gasteiger partial charge in [-0.25, -0.2) is 4.39 Å². The first kappa shape index (κ1) is 23.9. The van der Waals surface area contributed by atoms with E-state index in [2.05, 4.69) is 14.9 Å². The Morgan fingerprint density at radius 2 is 1.75 bits per heavy atom. The van der Waals surface area contributed by atoms with Crippen LogP contribution in [0.5, 0.6) is 0 Å². The van der Waals surface area contributed by atoms with E-state index in [-0.39, 0.29) is 17.9 Å². The van der Waals surface area contributed by atoms with E-state index in [4.69, 9.17) is 9.05 Å². The van der Waals surface area contributed by atoms with Crippen molar-refractivity contribution in [3.63, 3.8) is 0 Å². The number of nitrogens with zero attached hydrogens (tertiary/aromatic N) is 2. The minimum atomic E-state index is -3.19. The van der Waals surface area contributed by atoms with Crippen LogP contribution < -0.4 is 5.32 Å². The largest absolute Gasteiger partial charge is 0.335 e. The summed E-state index contributed by atoms with van der Waals surface area (Å²) in [5, 5.41) is 6.79. The van der Waals surface area contributed by atoms with Gasteiger partial charge in [-0.05, 0) is 66.8 Å². The minimum absolute atomic E-state index is 0.159. The third-order valence-corrected chi connectivity index (χ3v) is 7.11. The Morgan fingerprint density at radius 3 is 2.38 bits per heavy atom. The molecular weight excluding hydrogens is 452 g/mol. The van der Waals surface area contributed by atoms with Gasteiger partial charge in [0.1, 0.15) is 11.5 Å². The number of aromatic nitrogens is 2. The quantitative estimate of drug-likeness (QED) is 0.296. The third kappa shape index (κ3) is 6.64. The number of halogens is 1. The van der Waals surface area contributed by atoms with Crippen molar-refractivity contribution in [1.82, 2.24) is 9.59 Å². The number of carbonyl (C=O) groups excluding carboxylic acids is 1. The lowest BCUT2D eigenvalue weighted by molar-refractivity contribution is -0.111. The summed E-state index contributed by atoms with van der Waals surface area (Å²) in [5.41, 5.74) is 2.66. The lowest BCUT2D eigenvalue weighted by Crippen LogP contribution is -2.07. The topological polar surface area (TPSA) is 90.4 Å². The summed E-state index contributed by atoms with van der Waals surface area (Å²) in [6.45, 7) is 4.13. The van der Waals surface area contributed by atoms with Crippen molar-refractivity contribution in [3.8, 4) is 10.4 Å². The van der Waals surface area contributed by atoms with E-state index in [0.29, 0.717) is 24.6 Å². The van der Waals surface area contributed by atoms with Gasteiger partial charge in [0.05, 0.1) is 24.3 Å². The molecule has 0 bridgehead atoms. The van der Waals surface area contributed by atoms with Gasteiger partial charge < -0.3 is 14.4 Å². The number of amides is 1. The Balaban J connectivity index is 1.62. The van der Waals surface area contributed by atoms with Crippen molar-refractivity contribution in [2.45, 2.75) is 20.0 Å². The molecule has 0 aliphatic heterocycles. The zero-order valence-corrected chi connectivity index (χ0v) is 19.4. The average Bonchev–Trinajstić information content (AvgIpc) is 3.23. The third-order valence-electron chi connectivity index (χ3n) is 4.26. The van der Waals surface area contributed by atoms with Crippen molar-refractivity contribution in [2.75, 3.05) is 18.5 Å². The van der Waals surface area contributed by atoms with Gasteiger partial charge in [0.25, 0.3) is 0 Å². The molecule has 1 N–H and O–H groups in total. The summed E-state index contributed by atoms with van der Waals surface area (Å²) in [5.74, 6) is -0.669. The molecule has 0 saturated carbocycles. The molecule has 1 aromatic heterocycles. The number of benzene rings is 2. The van der Waals surface area contributed by atoms with Crippen LogP contribution in [0.25, 0.3) is 16.5 Å². The molecule has 0 fully saturated rings. The first-order chi connectivity index (χ1) is 15.4. The molecule has 168 valence electrons. The Bertz CT molecular complexity index is 1110. The second kappa shape index (κ2) is 11.2. The molecule has 10 heteroatoms. The van der Waals surface area contributed by atoms with E-state index < -0.39 is 7.60 Å². The van der Waals surface area contributed by atoms with Crippen LogP contribution in [-0.4, -0.2) is 28.7 Å². The smallest absolute Gasteiger partial charge is 0.323 e. The molecule has 0 saturated heterocycles. The van der Waals surface area contributed by atoms with Crippen LogP contribution in [-0.2, 0) is 24.6 Å². The predicted molar refractivity (Wildman–Crippen MR) is 124 cm³/mol. The van der Waals surface area contributed by atoms with Crippen molar-refractivity contribution < 1.29 is 22.8 Å². The number of hydrogen-bond acceptors (Lipinski definition) is 7. The summed E-state index contributed by atoms with van der Waals surface area (Å²) < 4.78 is 40.3. The Labute approximate surface area is 190 Å². The summed E-state index contributed by atoms with van der Waals surface area (Å²) in [6.07, 6.45) is 3.08. The average molecular weight is 475 g/mol. The molecule has 1 heterocycles. The fourth-order valence-corrected chi connectivity index (χ4v) is 5.24. The van der Waals surface area contributed by atoms with Crippen molar-refractivity contribution in [2.24, 2.45) is 0 Å². The lowest BCUT2D eigenvalue weighted by atomic mass is 10.1.